The summed E-state index contributed by atoms with van der Waals surface area (Å²) in [5.74, 6) is -0.446. The third-order valence-electron chi connectivity index (χ3n) is 3.76. The van der Waals surface area contributed by atoms with Gasteiger partial charge in [-0.3, -0.25) is 4.79 Å². The number of benzene rings is 2. The van der Waals surface area contributed by atoms with Crippen molar-refractivity contribution in [3.63, 3.8) is 0 Å². The Kier molecular flexibility index (Phi) is 4.04. The lowest BCUT2D eigenvalue weighted by atomic mass is 9.95. The van der Waals surface area contributed by atoms with Crippen LogP contribution in [-0.2, 0) is 19.4 Å². The molecule has 0 spiro atoms. The van der Waals surface area contributed by atoms with Crippen LogP contribution in [0.1, 0.15) is 27.0 Å². The molecule has 1 N–H and O–H groups in total. The lowest BCUT2D eigenvalue weighted by Crippen LogP contribution is -2.23. The van der Waals surface area contributed by atoms with Gasteiger partial charge in [-0.15, -0.1) is 0 Å². The zero-order chi connectivity index (χ0) is 14.8. The van der Waals surface area contributed by atoms with E-state index in [0.717, 1.165) is 25.1 Å². The monoisotopic (exact) mass is 303 g/mol. The molecule has 0 aromatic heterocycles. The van der Waals surface area contributed by atoms with Crippen molar-refractivity contribution in [2.45, 2.75) is 19.4 Å². The Morgan fingerprint density at radius 3 is 2.86 bits per heavy atom. The first-order valence-electron chi connectivity index (χ1n) is 6.93. The van der Waals surface area contributed by atoms with E-state index in [2.05, 4.69) is 5.32 Å². The Hall–Kier alpha value is -1.71. The van der Waals surface area contributed by atoms with E-state index >= 15 is 0 Å². The van der Waals surface area contributed by atoms with Crippen LogP contribution in [0, 0.1) is 5.82 Å². The first kappa shape index (κ1) is 14.2. The van der Waals surface area contributed by atoms with Gasteiger partial charge in [0, 0.05) is 18.5 Å². The highest BCUT2D eigenvalue weighted by atomic mass is 35.5. The van der Waals surface area contributed by atoms with Crippen molar-refractivity contribution in [2.75, 3.05) is 6.54 Å². The molecule has 2 nitrogen and oxygen atoms in total. The number of carbonyl (C=O) groups excluding carboxylic acids is 1. The molecule has 0 fully saturated rings. The van der Waals surface area contributed by atoms with Crippen molar-refractivity contribution in [1.82, 2.24) is 5.32 Å². The van der Waals surface area contributed by atoms with Crippen LogP contribution in [0.4, 0.5) is 4.39 Å². The van der Waals surface area contributed by atoms with Crippen LogP contribution in [0.3, 0.4) is 0 Å². The SMILES string of the molecule is O=C(Cc1ccc(F)c(Cl)c1)c1ccc2c(c1)CNCC2. The Balaban J connectivity index is 1.80. The molecule has 4 heteroatoms. The Labute approximate surface area is 127 Å². The first-order valence-corrected chi connectivity index (χ1v) is 7.31. The molecule has 108 valence electrons. The average molecular weight is 304 g/mol. The highest BCUT2D eigenvalue weighted by Gasteiger charge is 2.13. The van der Waals surface area contributed by atoms with Crippen LogP contribution in [0.15, 0.2) is 36.4 Å². The quantitative estimate of drug-likeness (QED) is 0.879. The van der Waals surface area contributed by atoms with Gasteiger partial charge in [0.2, 0.25) is 0 Å². The number of hydrogen-bond acceptors (Lipinski definition) is 2. The number of carbonyl (C=O) groups is 1. The summed E-state index contributed by atoms with van der Waals surface area (Å²) in [6.45, 7) is 1.78. The topological polar surface area (TPSA) is 29.1 Å². The number of rotatable bonds is 3. The highest BCUT2D eigenvalue weighted by molar-refractivity contribution is 6.30. The van der Waals surface area contributed by atoms with Gasteiger partial charge in [0.1, 0.15) is 5.82 Å². The van der Waals surface area contributed by atoms with E-state index in [1.165, 1.54) is 23.3 Å². The molecular weight excluding hydrogens is 289 g/mol. The predicted octanol–water partition coefficient (Wildman–Crippen LogP) is 3.55. The number of fused-ring (bicyclic) bond motifs is 1. The number of Topliss-reactive ketones (excluding diaryl/α,β-unsaturated/α-hetero) is 1. The third-order valence-corrected chi connectivity index (χ3v) is 4.05. The predicted molar refractivity (Wildman–Crippen MR) is 81.3 cm³/mol. The molecule has 1 aliphatic heterocycles. The van der Waals surface area contributed by atoms with E-state index in [4.69, 9.17) is 11.6 Å². The minimum atomic E-state index is -0.465. The molecule has 1 aliphatic rings. The molecular formula is C17H15ClFNO. The van der Waals surface area contributed by atoms with Crippen molar-refractivity contribution < 1.29 is 9.18 Å². The van der Waals surface area contributed by atoms with Crippen LogP contribution in [0.5, 0.6) is 0 Å². The molecule has 21 heavy (non-hydrogen) atoms. The second kappa shape index (κ2) is 5.96. The van der Waals surface area contributed by atoms with Gasteiger partial charge < -0.3 is 5.32 Å². The second-order valence-corrected chi connectivity index (χ2v) is 5.67. The molecule has 2 aromatic rings. The van der Waals surface area contributed by atoms with E-state index in [9.17, 15) is 9.18 Å². The normalized spacial score (nSPS) is 13.8. The molecule has 0 bridgehead atoms. The molecule has 0 radical (unpaired) electrons. The van der Waals surface area contributed by atoms with E-state index in [-0.39, 0.29) is 17.2 Å². The maximum absolute atomic E-state index is 13.1. The molecule has 0 amide bonds. The summed E-state index contributed by atoms with van der Waals surface area (Å²) in [6, 6.07) is 10.3. The molecule has 0 unspecified atom stereocenters. The Morgan fingerprint density at radius 2 is 2.05 bits per heavy atom. The lowest BCUT2D eigenvalue weighted by Gasteiger charge is -2.17. The smallest absolute Gasteiger partial charge is 0.167 e. The van der Waals surface area contributed by atoms with Gasteiger partial charge >= 0.3 is 0 Å². The fourth-order valence-corrected chi connectivity index (χ4v) is 2.79. The zero-order valence-corrected chi connectivity index (χ0v) is 12.2. The van der Waals surface area contributed by atoms with Crippen molar-refractivity contribution in [1.29, 1.82) is 0 Å². The maximum atomic E-state index is 13.1. The van der Waals surface area contributed by atoms with Gasteiger partial charge in [0.15, 0.2) is 5.78 Å². The summed E-state index contributed by atoms with van der Waals surface area (Å²) >= 11 is 5.74. The van der Waals surface area contributed by atoms with Gasteiger partial charge in [-0.05, 0) is 47.9 Å². The Bertz CT molecular complexity index is 699. The second-order valence-electron chi connectivity index (χ2n) is 5.26. The summed E-state index contributed by atoms with van der Waals surface area (Å²) in [6.07, 6.45) is 1.23. The van der Waals surface area contributed by atoms with Gasteiger partial charge in [-0.1, -0.05) is 29.8 Å². The van der Waals surface area contributed by atoms with E-state index in [1.807, 2.05) is 18.2 Å². The van der Waals surface area contributed by atoms with Crippen molar-refractivity contribution in [3.05, 3.63) is 69.5 Å². The van der Waals surface area contributed by atoms with Gasteiger partial charge in [0.05, 0.1) is 5.02 Å². The third kappa shape index (κ3) is 3.14. The minimum absolute atomic E-state index is 0.0195. The van der Waals surface area contributed by atoms with Crippen molar-refractivity contribution in [3.8, 4) is 0 Å². The molecule has 0 aliphatic carbocycles. The van der Waals surface area contributed by atoms with Crippen LogP contribution in [0.25, 0.3) is 0 Å². The molecule has 3 rings (SSSR count). The van der Waals surface area contributed by atoms with Crippen LogP contribution >= 0.6 is 11.6 Å². The maximum Gasteiger partial charge on any atom is 0.167 e. The summed E-state index contributed by atoms with van der Waals surface area (Å²) < 4.78 is 13.1. The molecule has 2 aromatic carbocycles. The van der Waals surface area contributed by atoms with E-state index in [1.54, 1.807) is 6.07 Å². The summed E-state index contributed by atoms with van der Waals surface area (Å²) in [5, 5.41) is 3.35. The standard InChI is InChI=1S/C17H15ClFNO/c18-15-7-11(1-4-16(15)19)8-17(21)13-3-2-12-5-6-20-10-14(12)9-13/h1-4,7,9,20H,5-6,8,10H2. The number of nitrogens with one attached hydrogen (secondary N) is 1. The van der Waals surface area contributed by atoms with E-state index in [0.29, 0.717) is 5.56 Å². The first-order chi connectivity index (χ1) is 10.1. The number of halogens is 2. The molecule has 0 saturated heterocycles. The van der Waals surface area contributed by atoms with Crippen LogP contribution in [0.2, 0.25) is 5.02 Å². The van der Waals surface area contributed by atoms with Crippen molar-refractivity contribution >= 4 is 17.4 Å². The fourth-order valence-electron chi connectivity index (χ4n) is 2.59. The number of ketones is 1. The summed E-state index contributed by atoms with van der Waals surface area (Å²) in [7, 11) is 0. The van der Waals surface area contributed by atoms with Gasteiger partial charge in [-0.25, -0.2) is 4.39 Å². The van der Waals surface area contributed by atoms with Crippen LogP contribution < -0.4 is 5.32 Å². The lowest BCUT2D eigenvalue weighted by molar-refractivity contribution is 0.0993. The molecule has 0 saturated carbocycles. The fraction of sp³-hybridized carbons (Fsp3) is 0.235. The van der Waals surface area contributed by atoms with Crippen molar-refractivity contribution in [2.24, 2.45) is 0 Å². The van der Waals surface area contributed by atoms with Gasteiger partial charge in [-0.2, -0.15) is 0 Å². The number of hydrogen-bond donors (Lipinski definition) is 1. The average Bonchev–Trinajstić information content (AvgIpc) is 2.50. The van der Waals surface area contributed by atoms with Crippen LogP contribution in [-0.4, -0.2) is 12.3 Å². The summed E-state index contributed by atoms with van der Waals surface area (Å²) in [5.41, 5.74) is 3.90. The van der Waals surface area contributed by atoms with E-state index < -0.39 is 5.82 Å². The van der Waals surface area contributed by atoms with Gasteiger partial charge in [0.25, 0.3) is 0 Å². The highest BCUT2D eigenvalue weighted by Crippen LogP contribution is 2.20. The summed E-state index contributed by atoms with van der Waals surface area (Å²) in [4.78, 5) is 12.3. The largest absolute Gasteiger partial charge is 0.312 e. The zero-order valence-electron chi connectivity index (χ0n) is 11.5. The minimum Gasteiger partial charge on any atom is -0.312 e. The molecule has 1 heterocycles. The Morgan fingerprint density at radius 1 is 1.19 bits per heavy atom. The molecule has 0 atom stereocenters.